The Bertz CT molecular complexity index is 499. The molecule has 0 spiro atoms. The topological polar surface area (TPSA) is 78.9 Å². The fourth-order valence-electron chi connectivity index (χ4n) is 2.81. The Balaban J connectivity index is 2.78. The molecule has 0 saturated carbocycles. The SMILES string of the molecule is CCCCOC(=O)C1C=CC(C(=O)OCCCC)C(C(=O)OCCCC)C1. The van der Waals surface area contributed by atoms with Crippen molar-refractivity contribution in [2.24, 2.45) is 17.8 Å². The van der Waals surface area contributed by atoms with Crippen LogP contribution in [0.5, 0.6) is 0 Å². The third kappa shape index (κ3) is 8.14. The molecular weight excluding hydrogens is 348 g/mol. The number of hydrogen-bond acceptors (Lipinski definition) is 6. The van der Waals surface area contributed by atoms with Crippen LogP contribution < -0.4 is 0 Å². The van der Waals surface area contributed by atoms with Crippen molar-refractivity contribution in [3.8, 4) is 0 Å². The second-order valence-corrected chi connectivity index (χ2v) is 6.92. The normalized spacial score (nSPS) is 21.5. The van der Waals surface area contributed by atoms with Crippen molar-refractivity contribution in [3.63, 3.8) is 0 Å². The van der Waals surface area contributed by atoms with E-state index in [0.717, 1.165) is 38.5 Å². The summed E-state index contributed by atoms with van der Waals surface area (Å²) in [5.41, 5.74) is 0. The molecule has 3 atom stereocenters. The maximum Gasteiger partial charge on any atom is 0.313 e. The van der Waals surface area contributed by atoms with Gasteiger partial charge in [-0.3, -0.25) is 14.4 Å². The molecule has 3 unspecified atom stereocenters. The lowest BCUT2D eigenvalue weighted by Crippen LogP contribution is -2.37. The molecule has 0 aliphatic heterocycles. The number of esters is 3. The number of carbonyl (C=O) groups excluding carboxylic acids is 3. The van der Waals surface area contributed by atoms with Gasteiger partial charge in [0.05, 0.1) is 37.6 Å². The summed E-state index contributed by atoms with van der Waals surface area (Å²) in [6.07, 6.45) is 8.59. The zero-order valence-electron chi connectivity index (χ0n) is 16.9. The standard InChI is InChI=1S/C21H34O6/c1-4-7-12-25-19(22)16-10-11-17(20(23)26-13-8-5-2)18(15-16)21(24)27-14-9-6-3/h10-11,16-18H,4-9,12-15H2,1-3H3. The quantitative estimate of drug-likeness (QED) is 0.221. The summed E-state index contributed by atoms with van der Waals surface area (Å²) in [7, 11) is 0. The van der Waals surface area contributed by atoms with Crippen molar-refractivity contribution in [2.45, 2.75) is 65.7 Å². The first-order valence-corrected chi connectivity index (χ1v) is 10.2. The van der Waals surface area contributed by atoms with Crippen LogP contribution in [0, 0.1) is 17.8 Å². The van der Waals surface area contributed by atoms with E-state index in [1.54, 1.807) is 12.2 Å². The molecule has 0 saturated heterocycles. The molecular formula is C21H34O6. The number of ether oxygens (including phenoxy) is 3. The smallest absolute Gasteiger partial charge is 0.313 e. The van der Waals surface area contributed by atoms with Gasteiger partial charge in [0.2, 0.25) is 0 Å². The monoisotopic (exact) mass is 382 g/mol. The Labute approximate surface area is 162 Å². The van der Waals surface area contributed by atoms with Crippen molar-refractivity contribution >= 4 is 17.9 Å². The predicted octanol–water partition coefficient (Wildman–Crippen LogP) is 3.82. The summed E-state index contributed by atoms with van der Waals surface area (Å²) in [5, 5.41) is 0. The molecule has 1 aliphatic rings. The van der Waals surface area contributed by atoms with E-state index in [1.165, 1.54) is 0 Å². The van der Waals surface area contributed by atoms with Gasteiger partial charge in [-0.2, -0.15) is 0 Å². The molecule has 0 aromatic heterocycles. The van der Waals surface area contributed by atoms with Gasteiger partial charge in [-0.15, -0.1) is 0 Å². The van der Waals surface area contributed by atoms with E-state index in [-0.39, 0.29) is 12.4 Å². The predicted molar refractivity (Wildman–Crippen MR) is 102 cm³/mol. The molecule has 0 aromatic carbocycles. The second kappa shape index (κ2) is 13.3. The highest BCUT2D eigenvalue weighted by Crippen LogP contribution is 2.31. The van der Waals surface area contributed by atoms with Gasteiger partial charge in [-0.1, -0.05) is 52.2 Å². The van der Waals surface area contributed by atoms with Crippen LogP contribution in [0.4, 0.5) is 0 Å². The zero-order valence-corrected chi connectivity index (χ0v) is 16.9. The number of rotatable bonds is 12. The third-order valence-corrected chi connectivity index (χ3v) is 4.60. The molecule has 6 nitrogen and oxygen atoms in total. The minimum Gasteiger partial charge on any atom is -0.465 e. The highest BCUT2D eigenvalue weighted by atomic mass is 16.5. The highest BCUT2D eigenvalue weighted by molar-refractivity contribution is 5.85. The molecule has 0 N–H and O–H groups in total. The van der Waals surface area contributed by atoms with E-state index in [9.17, 15) is 14.4 Å². The van der Waals surface area contributed by atoms with Crippen LogP contribution in [0.3, 0.4) is 0 Å². The number of hydrogen-bond donors (Lipinski definition) is 0. The van der Waals surface area contributed by atoms with Crippen LogP contribution in [-0.2, 0) is 28.6 Å². The summed E-state index contributed by atoms with van der Waals surface area (Å²) in [6, 6.07) is 0. The maximum absolute atomic E-state index is 12.5. The Kier molecular flexibility index (Phi) is 11.5. The average Bonchev–Trinajstić information content (AvgIpc) is 2.67. The minimum atomic E-state index is -0.718. The summed E-state index contributed by atoms with van der Waals surface area (Å²) < 4.78 is 15.9. The van der Waals surface area contributed by atoms with Crippen molar-refractivity contribution in [2.75, 3.05) is 19.8 Å². The van der Waals surface area contributed by atoms with Gasteiger partial charge in [-0.05, 0) is 25.7 Å². The van der Waals surface area contributed by atoms with E-state index in [4.69, 9.17) is 14.2 Å². The fourth-order valence-corrected chi connectivity index (χ4v) is 2.81. The molecule has 0 radical (unpaired) electrons. The van der Waals surface area contributed by atoms with E-state index in [2.05, 4.69) is 0 Å². The summed E-state index contributed by atoms with van der Waals surface area (Å²) in [6.45, 7) is 7.06. The lowest BCUT2D eigenvalue weighted by Gasteiger charge is -2.28. The fraction of sp³-hybridized carbons (Fsp3) is 0.762. The van der Waals surface area contributed by atoms with Gasteiger partial charge in [-0.25, -0.2) is 0 Å². The summed E-state index contributed by atoms with van der Waals surface area (Å²) >= 11 is 0. The highest BCUT2D eigenvalue weighted by Gasteiger charge is 2.40. The number of carbonyl (C=O) groups is 3. The Morgan fingerprint density at radius 1 is 0.741 bits per heavy atom. The minimum absolute atomic E-state index is 0.208. The van der Waals surface area contributed by atoms with Crippen molar-refractivity contribution in [1.82, 2.24) is 0 Å². The molecule has 1 rings (SSSR count). The molecule has 0 aromatic rings. The Morgan fingerprint density at radius 3 is 1.74 bits per heavy atom. The van der Waals surface area contributed by atoms with Crippen LogP contribution in [0.25, 0.3) is 0 Å². The van der Waals surface area contributed by atoms with E-state index in [0.29, 0.717) is 19.8 Å². The second-order valence-electron chi connectivity index (χ2n) is 6.92. The van der Waals surface area contributed by atoms with Gasteiger partial charge in [0, 0.05) is 0 Å². The summed E-state index contributed by atoms with van der Waals surface area (Å²) in [5.74, 6) is -3.21. The molecule has 154 valence electrons. The Hall–Kier alpha value is -1.85. The first-order valence-electron chi connectivity index (χ1n) is 10.2. The van der Waals surface area contributed by atoms with Gasteiger partial charge in [0.1, 0.15) is 0 Å². The van der Waals surface area contributed by atoms with Crippen molar-refractivity contribution < 1.29 is 28.6 Å². The van der Waals surface area contributed by atoms with E-state index >= 15 is 0 Å². The van der Waals surface area contributed by atoms with Crippen molar-refractivity contribution in [3.05, 3.63) is 12.2 Å². The maximum atomic E-state index is 12.5. The van der Waals surface area contributed by atoms with Gasteiger partial charge in [0.15, 0.2) is 0 Å². The number of unbranched alkanes of at least 4 members (excludes halogenated alkanes) is 3. The van der Waals surface area contributed by atoms with Crippen LogP contribution in [0.15, 0.2) is 12.2 Å². The largest absolute Gasteiger partial charge is 0.465 e. The van der Waals surface area contributed by atoms with Crippen LogP contribution >= 0.6 is 0 Å². The van der Waals surface area contributed by atoms with Crippen LogP contribution in [-0.4, -0.2) is 37.7 Å². The van der Waals surface area contributed by atoms with Crippen LogP contribution in [0.1, 0.15) is 65.7 Å². The molecule has 0 bridgehead atoms. The molecule has 6 heteroatoms. The van der Waals surface area contributed by atoms with Crippen LogP contribution in [0.2, 0.25) is 0 Å². The summed E-state index contributed by atoms with van der Waals surface area (Å²) in [4.78, 5) is 37.2. The molecule has 1 aliphatic carbocycles. The lowest BCUT2D eigenvalue weighted by atomic mass is 9.79. The Morgan fingerprint density at radius 2 is 1.22 bits per heavy atom. The zero-order chi connectivity index (χ0) is 20.1. The third-order valence-electron chi connectivity index (χ3n) is 4.60. The molecule has 0 heterocycles. The van der Waals surface area contributed by atoms with Gasteiger partial charge >= 0.3 is 17.9 Å². The van der Waals surface area contributed by atoms with E-state index in [1.807, 2.05) is 20.8 Å². The first-order chi connectivity index (χ1) is 13.0. The molecule has 0 fully saturated rings. The van der Waals surface area contributed by atoms with Crippen molar-refractivity contribution in [1.29, 1.82) is 0 Å². The first kappa shape index (κ1) is 23.2. The molecule has 27 heavy (non-hydrogen) atoms. The van der Waals surface area contributed by atoms with Gasteiger partial charge < -0.3 is 14.2 Å². The van der Waals surface area contributed by atoms with Gasteiger partial charge in [0.25, 0.3) is 0 Å². The molecule has 0 amide bonds. The lowest BCUT2D eigenvalue weighted by molar-refractivity contribution is -0.161. The average molecular weight is 382 g/mol. The van der Waals surface area contributed by atoms with E-state index < -0.39 is 29.7 Å².